The second kappa shape index (κ2) is 11.5. The summed E-state index contributed by atoms with van der Waals surface area (Å²) in [6, 6.07) is 27.7. The van der Waals surface area contributed by atoms with Crippen molar-refractivity contribution in [3.8, 4) is 11.3 Å². The molecule has 1 atom stereocenters. The molecule has 0 fully saturated rings. The monoisotopic (exact) mass is 595 g/mol. The molecular weight excluding hydrogens is 562 g/mol. The molecule has 0 amide bonds. The fourth-order valence-corrected chi connectivity index (χ4v) is 6.29. The summed E-state index contributed by atoms with van der Waals surface area (Å²) in [5.41, 5.74) is 19.8. The zero-order valence-electron chi connectivity index (χ0n) is 25.5. The van der Waals surface area contributed by atoms with E-state index < -0.39 is 0 Å². The SMILES string of the molecule is C/C=C\c1ccc2ccc(-c3ccc(C4=CC5NC(c6ccc7ccc(C8=CNCC=C8)nc7c6)=CC=C5C=C4)cc3)nc2c1N. The summed E-state index contributed by atoms with van der Waals surface area (Å²) in [4.78, 5) is 9.92. The number of pyridine rings is 2. The molecule has 1 unspecified atom stereocenters. The van der Waals surface area contributed by atoms with Crippen LogP contribution in [-0.2, 0) is 0 Å². The van der Waals surface area contributed by atoms with Crippen LogP contribution >= 0.6 is 0 Å². The molecule has 0 radical (unpaired) electrons. The molecule has 46 heavy (non-hydrogen) atoms. The van der Waals surface area contributed by atoms with Crippen molar-refractivity contribution in [2.24, 2.45) is 0 Å². The highest BCUT2D eigenvalue weighted by atomic mass is 14.9. The fourth-order valence-electron chi connectivity index (χ4n) is 6.29. The number of nitrogens with two attached hydrogens (primary N) is 1. The van der Waals surface area contributed by atoms with Crippen LogP contribution in [0.4, 0.5) is 5.69 Å². The maximum atomic E-state index is 6.48. The van der Waals surface area contributed by atoms with Gasteiger partial charge in [-0.1, -0.05) is 109 Å². The van der Waals surface area contributed by atoms with E-state index in [1.165, 1.54) is 11.1 Å². The number of nitrogens with zero attached hydrogens (tertiary/aromatic N) is 2. The van der Waals surface area contributed by atoms with Gasteiger partial charge < -0.3 is 16.4 Å². The Morgan fingerprint density at radius 3 is 2.39 bits per heavy atom. The van der Waals surface area contributed by atoms with Gasteiger partial charge in [0.05, 0.1) is 34.2 Å². The van der Waals surface area contributed by atoms with Gasteiger partial charge in [-0.3, -0.25) is 0 Å². The van der Waals surface area contributed by atoms with E-state index in [0.717, 1.165) is 73.3 Å². The third kappa shape index (κ3) is 5.12. The molecule has 222 valence electrons. The number of benzene rings is 3. The van der Waals surface area contributed by atoms with E-state index in [1.807, 2.05) is 31.3 Å². The number of aromatic nitrogens is 2. The number of hydrogen-bond donors (Lipinski definition) is 3. The van der Waals surface area contributed by atoms with Crippen molar-refractivity contribution in [2.75, 3.05) is 12.3 Å². The van der Waals surface area contributed by atoms with Crippen molar-refractivity contribution < 1.29 is 0 Å². The molecule has 0 bridgehead atoms. The Morgan fingerprint density at radius 1 is 0.761 bits per heavy atom. The first-order valence-electron chi connectivity index (χ1n) is 15.7. The van der Waals surface area contributed by atoms with Gasteiger partial charge in [-0.05, 0) is 59.0 Å². The molecule has 3 aliphatic rings. The molecule has 8 rings (SSSR count). The van der Waals surface area contributed by atoms with E-state index >= 15 is 0 Å². The highest BCUT2D eigenvalue weighted by Gasteiger charge is 2.20. The van der Waals surface area contributed by atoms with Gasteiger partial charge in [-0.2, -0.15) is 0 Å². The first kappa shape index (κ1) is 27.6. The summed E-state index contributed by atoms with van der Waals surface area (Å²) >= 11 is 0. The van der Waals surface area contributed by atoms with E-state index in [0.29, 0.717) is 5.69 Å². The summed E-state index contributed by atoms with van der Waals surface area (Å²) in [5, 5.41) is 9.21. The second-order valence-electron chi connectivity index (χ2n) is 11.8. The van der Waals surface area contributed by atoms with Crippen molar-refractivity contribution >= 4 is 50.4 Å². The molecule has 0 saturated carbocycles. The maximum Gasteiger partial charge on any atom is 0.0944 e. The van der Waals surface area contributed by atoms with Crippen LogP contribution in [0.5, 0.6) is 0 Å². The van der Waals surface area contributed by atoms with Gasteiger partial charge in [0.1, 0.15) is 0 Å². The minimum absolute atomic E-state index is 0.0785. The van der Waals surface area contributed by atoms with Crippen molar-refractivity contribution in [1.82, 2.24) is 20.6 Å². The van der Waals surface area contributed by atoms with Gasteiger partial charge in [0.25, 0.3) is 0 Å². The second-order valence-corrected chi connectivity index (χ2v) is 11.8. The Bertz CT molecular complexity index is 2240. The number of rotatable bonds is 5. The van der Waals surface area contributed by atoms with Crippen LogP contribution in [0.2, 0.25) is 0 Å². The standard InChI is InChI=1S/C41H33N5/c1-2-4-30-12-13-31-18-21-35(46-41(31)40(30)42)27-8-6-26(7-9-27)32-14-10-28-16-19-36(44-38(28)23-32)33-15-11-29-17-20-37(45-39(29)24-33)34-5-3-22-43-25-34/h2-21,23-25,38,43-44H,22,42H2,1H3/b4-2-. The van der Waals surface area contributed by atoms with E-state index in [1.54, 1.807) is 0 Å². The van der Waals surface area contributed by atoms with E-state index in [2.05, 4.69) is 126 Å². The lowest BCUT2D eigenvalue weighted by atomic mass is 9.90. The van der Waals surface area contributed by atoms with Crippen LogP contribution in [0.25, 0.3) is 56.0 Å². The zero-order chi connectivity index (χ0) is 31.0. The molecule has 5 nitrogen and oxygen atoms in total. The minimum atomic E-state index is 0.0785. The van der Waals surface area contributed by atoms with Crippen molar-refractivity contribution in [3.63, 3.8) is 0 Å². The van der Waals surface area contributed by atoms with Gasteiger partial charge >= 0.3 is 0 Å². The molecule has 4 N–H and O–H groups in total. The number of allylic oxidation sites excluding steroid dienone is 7. The average molecular weight is 596 g/mol. The number of nitrogens with one attached hydrogen (secondary N) is 2. The molecule has 1 aliphatic carbocycles. The van der Waals surface area contributed by atoms with Crippen LogP contribution in [-0.4, -0.2) is 22.6 Å². The highest BCUT2D eigenvalue weighted by Crippen LogP contribution is 2.32. The van der Waals surface area contributed by atoms with Crippen LogP contribution in [0.1, 0.15) is 29.3 Å². The molecular formula is C41H33N5. The number of nitrogen functional groups attached to an aromatic ring is 1. The molecule has 3 aromatic carbocycles. The summed E-state index contributed by atoms with van der Waals surface area (Å²) in [6.45, 7) is 2.85. The molecule has 4 heterocycles. The normalized spacial score (nSPS) is 17.2. The summed E-state index contributed by atoms with van der Waals surface area (Å²) in [6.07, 6.45) is 21.4. The molecule has 0 saturated heterocycles. The minimum Gasteiger partial charge on any atom is -0.396 e. The number of anilines is 1. The van der Waals surface area contributed by atoms with Crippen molar-refractivity contribution in [3.05, 3.63) is 162 Å². The van der Waals surface area contributed by atoms with Gasteiger partial charge in [0, 0.05) is 40.4 Å². The van der Waals surface area contributed by atoms with Gasteiger partial charge in [0.2, 0.25) is 0 Å². The van der Waals surface area contributed by atoms with Crippen LogP contribution < -0.4 is 16.4 Å². The fraction of sp³-hybridized carbons (Fsp3) is 0.0732. The van der Waals surface area contributed by atoms with E-state index in [-0.39, 0.29) is 6.04 Å². The Balaban J connectivity index is 1.03. The van der Waals surface area contributed by atoms with Crippen LogP contribution in [0.15, 0.2) is 139 Å². The Kier molecular flexibility index (Phi) is 6.92. The third-order valence-electron chi connectivity index (χ3n) is 8.80. The van der Waals surface area contributed by atoms with Gasteiger partial charge in [0.15, 0.2) is 0 Å². The number of dihydropyridines is 2. The van der Waals surface area contributed by atoms with E-state index in [4.69, 9.17) is 15.7 Å². The van der Waals surface area contributed by atoms with Crippen molar-refractivity contribution in [2.45, 2.75) is 13.0 Å². The lowest BCUT2D eigenvalue weighted by Gasteiger charge is -2.27. The summed E-state index contributed by atoms with van der Waals surface area (Å²) in [5.74, 6) is 0. The lowest BCUT2D eigenvalue weighted by molar-refractivity contribution is 0.815. The summed E-state index contributed by atoms with van der Waals surface area (Å²) in [7, 11) is 0. The van der Waals surface area contributed by atoms with E-state index in [9.17, 15) is 0 Å². The Hall–Kier alpha value is -5.94. The predicted octanol–water partition coefficient (Wildman–Crippen LogP) is 8.46. The molecule has 5 aromatic rings. The molecule has 2 aromatic heterocycles. The predicted molar refractivity (Wildman–Crippen MR) is 193 cm³/mol. The Morgan fingerprint density at radius 2 is 1.54 bits per heavy atom. The van der Waals surface area contributed by atoms with Crippen molar-refractivity contribution in [1.29, 1.82) is 0 Å². The lowest BCUT2D eigenvalue weighted by Crippen LogP contribution is -2.30. The smallest absolute Gasteiger partial charge is 0.0944 e. The summed E-state index contributed by atoms with van der Waals surface area (Å²) < 4.78 is 0. The Labute approximate surface area is 268 Å². The average Bonchev–Trinajstić information content (AvgIpc) is 3.12. The largest absolute Gasteiger partial charge is 0.396 e. The number of hydrogen-bond acceptors (Lipinski definition) is 5. The maximum absolute atomic E-state index is 6.48. The third-order valence-corrected chi connectivity index (χ3v) is 8.80. The molecule has 2 aliphatic heterocycles. The first-order chi connectivity index (χ1) is 22.6. The topological polar surface area (TPSA) is 75.9 Å². The zero-order valence-corrected chi connectivity index (χ0v) is 25.5. The van der Waals surface area contributed by atoms with Gasteiger partial charge in [-0.25, -0.2) is 9.97 Å². The molecule has 0 spiro atoms. The highest BCUT2D eigenvalue weighted by molar-refractivity contribution is 5.95. The first-order valence-corrected chi connectivity index (χ1v) is 15.7. The van der Waals surface area contributed by atoms with Crippen LogP contribution in [0, 0.1) is 0 Å². The quantitative estimate of drug-likeness (QED) is 0.178. The van der Waals surface area contributed by atoms with Gasteiger partial charge in [-0.15, -0.1) is 0 Å². The van der Waals surface area contributed by atoms with Crippen LogP contribution in [0.3, 0.4) is 0 Å². The number of fused-ring (bicyclic) bond motifs is 3. The molecule has 5 heteroatoms.